The Kier molecular flexibility index (Phi) is 4.84. The standard InChI is InChI=1S/C18H22O2S/c1-5-15-9-10-17(21-15)16(19)12-20-14-8-6-7-13(11-14)18(2,3)4/h6-11H,5,12H2,1-4H3. The molecule has 2 aromatic rings. The van der Waals surface area contributed by atoms with Crippen molar-refractivity contribution in [3.8, 4) is 5.75 Å². The second-order valence-electron chi connectivity index (χ2n) is 6.11. The third kappa shape index (κ3) is 4.18. The van der Waals surface area contributed by atoms with Crippen LogP contribution in [0.15, 0.2) is 36.4 Å². The Balaban J connectivity index is 2.01. The highest BCUT2D eigenvalue weighted by Crippen LogP contribution is 2.26. The Hall–Kier alpha value is -1.61. The normalized spacial score (nSPS) is 11.4. The summed E-state index contributed by atoms with van der Waals surface area (Å²) in [5.74, 6) is 0.795. The lowest BCUT2D eigenvalue weighted by atomic mass is 9.87. The first-order chi connectivity index (χ1) is 9.90. The zero-order valence-corrected chi connectivity index (χ0v) is 13.9. The Morgan fingerprint density at radius 1 is 1.19 bits per heavy atom. The number of rotatable bonds is 5. The largest absolute Gasteiger partial charge is 0.485 e. The van der Waals surface area contributed by atoms with E-state index in [9.17, 15) is 4.79 Å². The Labute approximate surface area is 130 Å². The molecular formula is C18H22O2S. The van der Waals surface area contributed by atoms with Gasteiger partial charge in [-0.25, -0.2) is 0 Å². The zero-order valence-electron chi connectivity index (χ0n) is 13.1. The number of ketones is 1. The van der Waals surface area contributed by atoms with Crippen LogP contribution < -0.4 is 4.74 Å². The van der Waals surface area contributed by atoms with Crippen molar-refractivity contribution in [1.82, 2.24) is 0 Å². The molecule has 0 atom stereocenters. The Morgan fingerprint density at radius 2 is 1.95 bits per heavy atom. The van der Waals surface area contributed by atoms with Crippen LogP contribution in [0.4, 0.5) is 0 Å². The van der Waals surface area contributed by atoms with Crippen molar-refractivity contribution in [1.29, 1.82) is 0 Å². The van der Waals surface area contributed by atoms with Crippen LogP contribution in [0.5, 0.6) is 5.75 Å². The molecule has 0 spiro atoms. The smallest absolute Gasteiger partial charge is 0.210 e. The summed E-state index contributed by atoms with van der Waals surface area (Å²) in [4.78, 5) is 14.1. The van der Waals surface area contributed by atoms with E-state index >= 15 is 0 Å². The van der Waals surface area contributed by atoms with Crippen molar-refractivity contribution in [2.24, 2.45) is 0 Å². The molecule has 1 aromatic heterocycles. The first-order valence-electron chi connectivity index (χ1n) is 7.25. The quantitative estimate of drug-likeness (QED) is 0.737. The van der Waals surface area contributed by atoms with Crippen LogP contribution >= 0.6 is 11.3 Å². The van der Waals surface area contributed by atoms with Crippen LogP contribution in [-0.2, 0) is 11.8 Å². The molecule has 0 amide bonds. The molecule has 1 heterocycles. The maximum absolute atomic E-state index is 12.1. The second kappa shape index (κ2) is 6.44. The summed E-state index contributed by atoms with van der Waals surface area (Å²) in [6, 6.07) is 11.9. The summed E-state index contributed by atoms with van der Waals surface area (Å²) in [6.07, 6.45) is 0.965. The van der Waals surface area contributed by atoms with E-state index in [0.717, 1.165) is 17.0 Å². The van der Waals surface area contributed by atoms with Gasteiger partial charge >= 0.3 is 0 Å². The fourth-order valence-corrected chi connectivity index (χ4v) is 2.86. The minimum Gasteiger partial charge on any atom is -0.485 e. The molecule has 3 heteroatoms. The van der Waals surface area contributed by atoms with Crippen LogP contribution in [0.2, 0.25) is 0 Å². The topological polar surface area (TPSA) is 26.3 Å². The van der Waals surface area contributed by atoms with Gasteiger partial charge in [-0.3, -0.25) is 4.79 Å². The SMILES string of the molecule is CCc1ccc(C(=O)COc2cccc(C(C)(C)C)c2)s1. The van der Waals surface area contributed by atoms with E-state index in [1.165, 1.54) is 10.4 Å². The molecule has 0 unspecified atom stereocenters. The number of hydrogen-bond acceptors (Lipinski definition) is 3. The summed E-state index contributed by atoms with van der Waals surface area (Å²) in [7, 11) is 0. The molecule has 1 aromatic carbocycles. The van der Waals surface area contributed by atoms with E-state index in [2.05, 4.69) is 33.8 Å². The Morgan fingerprint density at radius 3 is 2.57 bits per heavy atom. The third-order valence-electron chi connectivity index (χ3n) is 3.35. The van der Waals surface area contributed by atoms with Gasteiger partial charge in [-0.1, -0.05) is 39.8 Å². The van der Waals surface area contributed by atoms with Gasteiger partial charge in [0.15, 0.2) is 6.61 Å². The number of benzene rings is 1. The first-order valence-corrected chi connectivity index (χ1v) is 8.07. The van der Waals surface area contributed by atoms with Crippen LogP contribution in [0.1, 0.15) is 47.8 Å². The molecule has 0 saturated carbocycles. The van der Waals surface area contributed by atoms with Gasteiger partial charge in [-0.05, 0) is 41.7 Å². The summed E-state index contributed by atoms with van der Waals surface area (Å²) < 4.78 is 5.66. The van der Waals surface area contributed by atoms with Gasteiger partial charge in [-0.2, -0.15) is 0 Å². The van der Waals surface area contributed by atoms with Gasteiger partial charge in [0.05, 0.1) is 4.88 Å². The Bertz CT molecular complexity index is 620. The monoisotopic (exact) mass is 302 g/mol. The zero-order chi connectivity index (χ0) is 15.5. The van der Waals surface area contributed by atoms with Crippen LogP contribution in [0.25, 0.3) is 0 Å². The number of thiophene rings is 1. The predicted molar refractivity (Wildman–Crippen MR) is 88.7 cm³/mol. The van der Waals surface area contributed by atoms with Crippen molar-refractivity contribution in [3.05, 3.63) is 51.7 Å². The van der Waals surface area contributed by atoms with Crippen molar-refractivity contribution < 1.29 is 9.53 Å². The molecule has 0 fully saturated rings. The molecule has 112 valence electrons. The highest BCUT2D eigenvalue weighted by Gasteiger charge is 2.15. The van der Waals surface area contributed by atoms with Gasteiger partial charge in [0.25, 0.3) is 0 Å². The number of carbonyl (C=O) groups is 1. The molecule has 2 nitrogen and oxygen atoms in total. The minimum atomic E-state index is 0.0425. The van der Waals surface area contributed by atoms with Crippen LogP contribution in [0.3, 0.4) is 0 Å². The molecule has 0 radical (unpaired) electrons. The average molecular weight is 302 g/mol. The first kappa shape index (κ1) is 15.8. The summed E-state index contributed by atoms with van der Waals surface area (Å²) in [6.45, 7) is 8.67. The van der Waals surface area contributed by atoms with Gasteiger partial charge in [-0.15, -0.1) is 11.3 Å². The highest BCUT2D eigenvalue weighted by molar-refractivity contribution is 7.14. The van der Waals surface area contributed by atoms with E-state index in [0.29, 0.717) is 0 Å². The third-order valence-corrected chi connectivity index (χ3v) is 4.63. The molecule has 0 bridgehead atoms. The lowest BCUT2D eigenvalue weighted by Gasteiger charge is -2.19. The average Bonchev–Trinajstić information content (AvgIpc) is 2.93. The number of hydrogen-bond donors (Lipinski definition) is 0. The number of carbonyl (C=O) groups excluding carboxylic acids is 1. The summed E-state index contributed by atoms with van der Waals surface area (Å²) in [5, 5.41) is 0. The van der Waals surface area contributed by atoms with Gasteiger partial charge < -0.3 is 4.74 Å². The number of Topliss-reactive ketones (excluding diaryl/α,β-unsaturated/α-hetero) is 1. The molecule has 0 aliphatic heterocycles. The fraction of sp³-hybridized carbons (Fsp3) is 0.389. The summed E-state index contributed by atoms with van der Waals surface area (Å²) >= 11 is 1.55. The molecule has 2 rings (SSSR count). The van der Waals surface area contributed by atoms with E-state index in [1.807, 2.05) is 30.3 Å². The lowest BCUT2D eigenvalue weighted by molar-refractivity contribution is 0.0925. The minimum absolute atomic E-state index is 0.0425. The molecule has 21 heavy (non-hydrogen) atoms. The maximum atomic E-state index is 12.1. The van der Waals surface area contributed by atoms with Crippen molar-refractivity contribution in [2.75, 3.05) is 6.61 Å². The maximum Gasteiger partial charge on any atom is 0.210 e. The van der Waals surface area contributed by atoms with E-state index in [4.69, 9.17) is 4.74 Å². The van der Waals surface area contributed by atoms with Crippen LogP contribution in [0, 0.1) is 0 Å². The van der Waals surface area contributed by atoms with Crippen molar-refractivity contribution in [3.63, 3.8) is 0 Å². The molecule has 0 saturated heterocycles. The lowest BCUT2D eigenvalue weighted by Crippen LogP contribution is -2.13. The van der Waals surface area contributed by atoms with Gasteiger partial charge in [0, 0.05) is 4.88 Å². The number of aryl methyl sites for hydroxylation is 1. The van der Waals surface area contributed by atoms with Crippen LogP contribution in [-0.4, -0.2) is 12.4 Å². The molecule has 0 N–H and O–H groups in total. The number of ether oxygens (including phenoxy) is 1. The summed E-state index contributed by atoms with van der Waals surface area (Å²) in [5.41, 5.74) is 1.28. The predicted octanol–water partition coefficient (Wildman–Crippen LogP) is 4.87. The van der Waals surface area contributed by atoms with Crippen molar-refractivity contribution >= 4 is 17.1 Å². The molecule has 0 aliphatic rings. The fourth-order valence-electron chi connectivity index (χ4n) is 1.99. The van der Waals surface area contributed by atoms with Crippen molar-refractivity contribution in [2.45, 2.75) is 39.5 Å². The van der Waals surface area contributed by atoms with Gasteiger partial charge in [0.2, 0.25) is 5.78 Å². The highest BCUT2D eigenvalue weighted by atomic mass is 32.1. The van der Waals surface area contributed by atoms with E-state index in [-0.39, 0.29) is 17.8 Å². The second-order valence-corrected chi connectivity index (χ2v) is 7.28. The van der Waals surface area contributed by atoms with Gasteiger partial charge in [0.1, 0.15) is 5.75 Å². The molecule has 0 aliphatic carbocycles. The van der Waals surface area contributed by atoms with E-state index < -0.39 is 0 Å². The van der Waals surface area contributed by atoms with E-state index in [1.54, 1.807) is 11.3 Å². The molecular weight excluding hydrogens is 280 g/mol.